The SMILES string of the molecule is COc1cc(CC(=O)N(C)CC(=O)Nc2ccc(Br)cc2C)ccc1C. The fourth-order valence-corrected chi connectivity index (χ4v) is 3.02. The van der Waals surface area contributed by atoms with E-state index in [1.54, 1.807) is 14.2 Å². The summed E-state index contributed by atoms with van der Waals surface area (Å²) in [5.41, 5.74) is 3.56. The Kier molecular flexibility index (Phi) is 6.80. The lowest BCUT2D eigenvalue weighted by atomic mass is 10.1. The van der Waals surface area contributed by atoms with Crippen molar-refractivity contribution in [2.24, 2.45) is 0 Å². The van der Waals surface area contributed by atoms with E-state index >= 15 is 0 Å². The van der Waals surface area contributed by atoms with Crippen molar-refractivity contribution < 1.29 is 14.3 Å². The van der Waals surface area contributed by atoms with E-state index in [0.717, 1.165) is 32.6 Å². The van der Waals surface area contributed by atoms with Gasteiger partial charge in [-0.15, -0.1) is 0 Å². The molecule has 0 saturated heterocycles. The van der Waals surface area contributed by atoms with Gasteiger partial charge in [0.15, 0.2) is 0 Å². The number of anilines is 1. The van der Waals surface area contributed by atoms with E-state index in [-0.39, 0.29) is 24.8 Å². The molecule has 0 radical (unpaired) electrons. The van der Waals surface area contributed by atoms with Crippen LogP contribution in [0, 0.1) is 13.8 Å². The fraction of sp³-hybridized carbons (Fsp3) is 0.300. The van der Waals surface area contributed by atoms with E-state index in [1.807, 2.05) is 50.2 Å². The molecule has 2 rings (SSSR count). The number of nitrogens with zero attached hydrogens (tertiary/aromatic N) is 1. The second-order valence-electron chi connectivity index (χ2n) is 6.24. The average molecular weight is 419 g/mol. The predicted molar refractivity (Wildman–Crippen MR) is 107 cm³/mol. The van der Waals surface area contributed by atoms with Crippen LogP contribution in [0.5, 0.6) is 5.75 Å². The van der Waals surface area contributed by atoms with Crippen molar-refractivity contribution in [3.05, 3.63) is 57.6 Å². The van der Waals surface area contributed by atoms with Crippen LogP contribution in [-0.4, -0.2) is 37.4 Å². The number of likely N-dealkylation sites (N-methyl/N-ethyl adjacent to an activating group) is 1. The number of amides is 2. The summed E-state index contributed by atoms with van der Waals surface area (Å²) in [6, 6.07) is 11.3. The lowest BCUT2D eigenvalue weighted by Crippen LogP contribution is -2.35. The van der Waals surface area contributed by atoms with Crippen LogP contribution >= 0.6 is 15.9 Å². The standard InChI is InChI=1S/C20H23BrN2O3/c1-13-5-6-15(10-18(13)26-4)11-20(25)23(3)12-19(24)22-17-8-7-16(21)9-14(17)2/h5-10H,11-12H2,1-4H3,(H,22,24). The van der Waals surface area contributed by atoms with Crippen molar-refractivity contribution >= 4 is 33.4 Å². The second kappa shape index (κ2) is 8.85. The lowest BCUT2D eigenvalue weighted by Gasteiger charge is -2.18. The van der Waals surface area contributed by atoms with Crippen LogP contribution in [0.25, 0.3) is 0 Å². The van der Waals surface area contributed by atoms with Crippen LogP contribution in [-0.2, 0) is 16.0 Å². The largest absolute Gasteiger partial charge is 0.496 e. The second-order valence-corrected chi connectivity index (χ2v) is 7.15. The van der Waals surface area contributed by atoms with Gasteiger partial charge in [0, 0.05) is 17.2 Å². The van der Waals surface area contributed by atoms with Crippen molar-refractivity contribution in [2.75, 3.05) is 26.0 Å². The van der Waals surface area contributed by atoms with Gasteiger partial charge in [-0.05, 0) is 54.8 Å². The van der Waals surface area contributed by atoms with Crippen LogP contribution in [0.4, 0.5) is 5.69 Å². The molecule has 0 heterocycles. The third-order valence-corrected chi connectivity index (χ3v) is 4.59. The minimum Gasteiger partial charge on any atom is -0.496 e. The van der Waals surface area contributed by atoms with E-state index in [4.69, 9.17) is 4.74 Å². The molecule has 2 amide bonds. The Labute approximate surface area is 162 Å². The highest BCUT2D eigenvalue weighted by Crippen LogP contribution is 2.21. The molecule has 0 atom stereocenters. The van der Waals surface area contributed by atoms with Crippen molar-refractivity contribution in [1.29, 1.82) is 0 Å². The predicted octanol–water partition coefficient (Wildman–Crippen LogP) is 3.71. The minimum absolute atomic E-state index is 0.00265. The summed E-state index contributed by atoms with van der Waals surface area (Å²) < 4.78 is 6.24. The van der Waals surface area contributed by atoms with Gasteiger partial charge in [-0.2, -0.15) is 0 Å². The van der Waals surface area contributed by atoms with E-state index in [2.05, 4.69) is 21.2 Å². The van der Waals surface area contributed by atoms with Crippen LogP contribution < -0.4 is 10.1 Å². The Balaban J connectivity index is 1.94. The van der Waals surface area contributed by atoms with Gasteiger partial charge in [0.1, 0.15) is 5.75 Å². The number of carbonyl (C=O) groups excluding carboxylic acids is 2. The molecule has 0 bridgehead atoms. The summed E-state index contributed by atoms with van der Waals surface area (Å²) in [6.07, 6.45) is 0.220. The van der Waals surface area contributed by atoms with E-state index in [0.29, 0.717) is 0 Å². The molecule has 6 heteroatoms. The number of rotatable bonds is 6. The van der Waals surface area contributed by atoms with Gasteiger partial charge in [0.2, 0.25) is 11.8 Å². The third kappa shape index (κ3) is 5.33. The van der Waals surface area contributed by atoms with Gasteiger partial charge in [-0.1, -0.05) is 28.1 Å². The third-order valence-electron chi connectivity index (χ3n) is 4.10. The number of nitrogens with one attached hydrogen (secondary N) is 1. The van der Waals surface area contributed by atoms with Crippen LogP contribution in [0.2, 0.25) is 0 Å². The number of halogens is 1. The highest BCUT2D eigenvalue weighted by atomic mass is 79.9. The molecule has 1 N–H and O–H groups in total. The zero-order valence-electron chi connectivity index (χ0n) is 15.4. The first-order valence-corrected chi connectivity index (χ1v) is 9.03. The Morgan fingerprint density at radius 2 is 1.85 bits per heavy atom. The first-order valence-electron chi connectivity index (χ1n) is 8.23. The number of hydrogen-bond donors (Lipinski definition) is 1. The molecular weight excluding hydrogens is 396 g/mol. The van der Waals surface area contributed by atoms with Gasteiger partial charge in [-0.25, -0.2) is 0 Å². The molecule has 0 aliphatic carbocycles. The van der Waals surface area contributed by atoms with Gasteiger partial charge in [0.05, 0.1) is 20.1 Å². The number of benzene rings is 2. The molecule has 2 aromatic rings. The molecule has 0 saturated carbocycles. The molecule has 0 unspecified atom stereocenters. The zero-order valence-corrected chi connectivity index (χ0v) is 17.0. The summed E-state index contributed by atoms with van der Waals surface area (Å²) in [5, 5.41) is 2.84. The smallest absolute Gasteiger partial charge is 0.243 e. The number of aryl methyl sites for hydroxylation is 2. The maximum atomic E-state index is 12.4. The molecule has 0 aliphatic rings. The normalized spacial score (nSPS) is 10.3. The van der Waals surface area contributed by atoms with E-state index in [1.165, 1.54) is 4.90 Å². The molecule has 138 valence electrons. The summed E-state index contributed by atoms with van der Waals surface area (Å²) in [7, 11) is 3.23. The molecule has 0 aromatic heterocycles. The van der Waals surface area contributed by atoms with Crippen molar-refractivity contribution in [1.82, 2.24) is 4.90 Å². The lowest BCUT2D eigenvalue weighted by molar-refractivity contribution is -0.132. The number of hydrogen-bond acceptors (Lipinski definition) is 3. The Morgan fingerprint density at radius 1 is 1.12 bits per heavy atom. The first kappa shape index (κ1) is 20.0. The van der Waals surface area contributed by atoms with Gasteiger partial charge in [0.25, 0.3) is 0 Å². The highest BCUT2D eigenvalue weighted by molar-refractivity contribution is 9.10. The monoisotopic (exact) mass is 418 g/mol. The van der Waals surface area contributed by atoms with E-state index < -0.39 is 0 Å². The van der Waals surface area contributed by atoms with Crippen molar-refractivity contribution in [3.63, 3.8) is 0 Å². The summed E-state index contributed by atoms with van der Waals surface area (Å²) in [5.74, 6) is 0.396. The molecule has 2 aromatic carbocycles. The van der Waals surface area contributed by atoms with Crippen LogP contribution in [0.1, 0.15) is 16.7 Å². The maximum Gasteiger partial charge on any atom is 0.243 e. The summed E-state index contributed by atoms with van der Waals surface area (Å²) >= 11 is 3.39. The van der Waals surface area contributed by atoms with Crippen LogP contribution in [0.3, 0.4) is 0 Å². The number of ether oxygens (including phenoxy) is 1. The summed E-state index contributed by atoms with van der Waals surface area (Å²) in [6.45, 7) is 3.86. The number of carbonyl (C=O) groups is 2. The Hall–Kier alpha value is -2.34. The molecule has 5 nitrogen and oxygen atoms in total. The highest BCUT2D eigenvalue weighted by Gasteiger charge is 2.15. The Bertz CT molecular complexity index is 821. The fourth-order valence-electron chi connectivity index (χ4n) is 2.54. The van der Waals surface area contributed by atoms with E-state index in [9.17, 15) is 9.59 Å². The molecule has 0 fully saturated rings. The van der Waals surface area contributed by atoms with Crippen LogP contribution in [0.15, 0.2) is 40.9 Å². The Morgan fingerprint density at radius 3 is 2.50 bits per heavy atom. The van der Waals surface area contributed by atoms with Crippen molar-refractivity contribution in [3.8, 4) is 5.75 Å². The average Bonchev–Trinajstić information content (AvgIpc) is 2.59. The molecule has 0 spiro atoms. The zero-order chi connectivity index (χ0) is 19.3. The van der Waals surface area contributed by atoms with Crippen molar-refractivity contribution in [2.45, 2.75) is 20.3 Å². The first-order chi connectivity index (χ1) is 12.3. The summed E-state index contributed by atoms with van der Waals surface area (Å²) in [4.78, 5) is 26.0. The maximum absolute atomic E-state index is 12.4. The van der Waals surface area contributed by atoms with Gasteiger partial charge in [-0.3, -0.25) is 9.59 Å². The number of methoxy groups -OCH3 is 1. The minimum atomic E-state index is -0.229. The molecular formula is C20H23BrN2O3. The van der Waals surface area contributed by atoms with Gasteiger partial charge >= 0.3 is 0 Å². The quantitative estimate of drug-likeness (QED) is 0.777. The topological polar surface area (TPSA) is 58.6 Å². The van der Waals surface area contributed by atoms with Gasteiger partial charge < -0.3 is 15.0 Å². The molecule has 0 aliphatic heterocycles. The molecule has 26 heavy (non-hydrogen) atoms.